The third-order valence-corrected chi connectivity index (χ3v) is 2.40. The summed E-state index contributed by atoms with van der Waals surface area (Å²) in [6.45, 7) is 1.67. The maximum absolute atomic E-state index is 10.8. The fourth-order valence-electron chi connectivity index (χ4n) is 1.46. The molecule has 1 unspecified atom stereocenters. The number of hydrogen-bond acceptors (Lipinski definition) is 3. The number of carbonyl (C=O) groups excluding carboxylic acids is 1. The van der Waals surface area contributed by atoms with Crippen molar-refractivity contribution in [3.63, 3.8) is 0 Å². The number of carboxylic acid groups (broad SMARTS) is 1. The van der Waals surface area contributed by atoms with Crippen LogP contribution >= 0.6 is 0 Å². The molecule has 0 aliphatic heterocycles. The molecule has 1 fully saturated rings. The monoisotopic (exact) mass is 199 g/mol. The van der Waals surface area contributed by atoms with Gasteiger partial charge in [0.1, 0.15) is 0 Å². The van der Waals surface area contributed by atoms with Gasteiger partial charge in [-0.05, 0) is 19.8 Å². The van der Waals surface area contributed by atoms with Crippen molar-refractivity contribution >= 4 is 17.7 Å². The molecule has 0 aromatic heterocycles. The molecule has 0 aromatic carbocycles. The molecule has 78 valence electrons. The van der Waals surface area contributed by atoms with E-state index in [0.29, 0.717) is 25.0 Å². The molecule has 0 aromatic rings. The molecule has 1 atom stereocenters. The fraction of sp³-hybridized carbons (Fsp3) is 0.625. The van der Waals surface area contributed by atoms with Gasteiger partial charge in [-0.15, -0.1) is 0 Å². The lowest BCUT2D eigenvalue weighted by atomic mass is 9.89. The molecule has 2 amide bonds. The quantitative estimate of drug-likeness (QED) is 0.556. The molecular weight excluding hydrogens is 186 g/mol. The minimum atomic E-state index is -0.832. The highest BCUT2D eigenvalue weighted by Crippen LogP contribution is 2.35. The minimum Gasteiger partial charge on any atom is -0.481 e. The summed E-state index contributed by atoms with van der Waals surface area (Å²) >= 11 is 0. The molecule has 14 heavy (non-hydrogen) atoms. The normalized spacial score (nSPS) is 29.1. The van der Waals surface area contributed by atoms with Gasteiger partial charge in [0.25, 0.3) is 0 Å². The number of aliphatic carboxylic acids is 1. The van der Waals surface area contributed by atoms with Crippen molar-refractivity contribution in [1.29, 1.82) is 0 Å². The number of carboxylic acids is 1. The van der Waals surface area contributed by atoms with Crippen LogP contribution in [0.1, 0.15) is 26.2 Å². The van der Waals surface area contributed by atoms with E-state index in [4.69, 9.17) is 10.8 Å². The summed E-state index contributed by atoms with van der Waals surface area (Å²) in [5.74, 6) is -0.832. The number of primary amides is 1. The van der Waals surface area contributed by atoms with Gasteiger partial charge < -0.3 is 10.8 Å². The van der Waals surface area contributed by atoms with Crippen molar-refractivity contribution in [2.75, 3.05) is 0 Å². The summed E-state index contributed by atoms with van der Waals surface area (Å²) < 4.78 is 0. The fourth-order valence-corrected chi connectivity index (χ4v) is 1.46. The number of nitrogens with zero attached hydrogens (tertiary/aromatic N) is 1. The first-order chi connectivity index (χ1) is 6.44. The summed E-state index contributed by atoms with van der Waals surface area (Å²) in [6.07, 6.45) is 1.49. The first-order valence-corrected chi connectivity index (χ1v) is 4.28. The molecular formula is C8H13N3O3. The predicted octanol–water partition coefficient (Wildman–Crippen LogP) is 0.286. The predicted molar refractivity (Wildman–Crippen MR) is 49.7 cm³/mol. The zero-order valence-corrected chi connectivity index (χ0v) is 7.91. The lowest BCUT2D eigenvalue weighted by Gasteiger charge is -2.15. The highest BCUT2D eigenvalue weighted by Gasteiger charge is 2.39. The maximum atomic E-state index is 10.8. The van der Waals surface area contributed by atoms with Crippen LogP contribution in [-0.2, 0) is 4.79 Å². The molecule has 6 heteroatoms. The Balaban J connectivity index is 2.61. The Labute approximate surface area is 81.2 Å². The number of urea groups is 1. The van der Waals surface area contributed by atoms with Gasteiger partial charge in [0, 0.05) is 12.1 Å². The molecule has 1 aliphatic carbocycles. The van der Waals surface area contributed by atoms with Crippen LogP contribution in [0, 0.1) is 5.41 Å². The zero-order chi connectivity index (χ0) is 10.8. The third-order valence-electron chi connectivity index (χ3n) is 2.40. The van der Waals surface area contributed by atoms with Gasteiger partial charge in [0.15, 0.2) is 0 Å². The largest absolute Gasteiger partial charge is 0.481 e. The van der Waals surface area contributed by atoms with E-state index in [0.717, 1.165) is 0 Å². The number of nitrogens with two attached hydrogens (primary N) is 1. The Morgan fingerprint density at radius 3 is 2.71 bits per heavy atom. The average molecular weight is 199 g/mol. The molecule has 4 N–H and O–H groups in total. The van der Waals surface area contributed by atoms with Crippen LogP contribution < -0.4 is 11.2 Å². The molecule has 6 nitrogen and oxygen atoms in total. The number of amides is 2. The minimum absolute atomic E-state index is 0.364. The van der Waals surface area contributed by atoms with Crippen LogP contribution in [-0.4, -0.2) is 22.8 Å². The lowest BCUT2D eigenvalue weighted by molar-refractivity contribution is -0.147. The number of carbonyl (C=O) groups is 2. The summed E-state index contributed by atoms with van der Waals surface area (Å²) in [5.41, 5.74) is 6.85. The lowest BCUT2D eigenvalue weighted by Crippen LogP contribution is -2.27. The third kappa shape index (κ3) is 2.21. The van der Waals surface area contributed by atoms with Crippen LogP contribution in [0.2, 0.25) is 0 Å². The highest BCUT2D eigenvalue weighted by atomic mass is 16.4. The van der Waals surface area contributed by atoms with Crippen LogP contribution in [0.25, 0.3) is 0 Å². The standard InChI is InChI=1S/C8H13N3O3/c1-8(6(12)13)3-2-5(4-8)10-11-7(9)14/h2-4H2,1H3,(H,12,13)(H3,9,11,14)/b10-5-. The van der Waals surface area contributed by atoms with Crippen molar-refractivity contribution in [3.05, 3.63) is 0 Å². The Hall–Kier alpha value is -1.59. The number of hydrogen-bond donors (Lipinski definition) is 3. The van der Waals surface area contributed by atoms with Gasteiger partial charge in [-0.1, -0.05) is 0 Å². The number of rotatable bonds is 2. The van der Waals surface area contributed by atoms with E-state index in [1.807, 2.05) is 0 Å². The highest BCUT2D eigenvalue weighted by molar-refractivity contribution is 5.93. The molecule has 1 saturated carbocycles. The van der Waals surface area contributed by atoms with Crippen LogP contribution in [0.5, 0.6) is 0 Å². The van der Waals surface area contributed by atoms with Crippen molar-refractivity contribution in [2.45, 2.75) is 26.2 Å². The van der Waals surface area contributed by atoms with Crippen LogP contribution in [0.4, 0.5) is 4.79 Å². The summed E-state index contributed by atoms with van der Waals surface area (Å²) in [5, 5.41) is 12.6. The smallest absolute Gasteiger partial charge is 0.332 e. The Morgan fingerprint density at radius 1 is 1.64 bits per heavy atom. The Kier molecular flexibility index (Phi) is 2.73. The van der Waals surface area contributed by atoms with E-state index in [1.54, 1.807) is 6.92 Å². The first kappa shape index (κ1) is 10.5. The average Bonchev–Trinajstić information content (AvgIpc) is 2.45. The van der Waals surface area contributed by atoms with Gasteiger partial charge in [-0.25, -0.2) is 10.2 Å². The number of nitrogens with one attached hydrogen (secondary N) is 1. The molecule has 0 bridgehead atoms. The van der Waals surface area contributed by atoms with Gasteiger partial charge in [-0.3, -0.25) is 4.79 Å². The van der Waals surface area contributed by atoms with E-state index in [9.17, 15) is 9.59 Å². The SMILES string of the molecule is CC1(C(=O)O)CC/C(=N/NC(N)=O)C1. The van der Waals surface area contributed by atoms with Crippen molar-refractivity contribution < 1.29 is 14.7 Å². The van der Waals surface area contributed by atoms with E-state index in [-0.39, 0.29) is 0 Å². The summed E-state index contributed by atoms with van der Waals surface area (Å²) in [7, 11) is 0. The van der Waals surface area contributed by atoms with E-state index in [2.05, 4.69) is 10.5 Å². The van der Waals surface area contributed by atoms with E-state index < -0.39 is 17.4 Å². The Morgan fingerprint density at radius 2 is 2.29 bits per heavy atom. The molecule has 0 radical (unpaired) electrons. The topological polar surface area (TPSA) is 105 Å². The van der Waals surface area contributed by atoms with Crippen molar-refractivity contribution in [1.82, 2.24) is 5.43 Å². The second-order valence-electron chi connectivity index (χ2n) is 3.70. The van der Waals surface area contributed by atoms with Crippen LogP contribution in [0.3, 0.4) is 0 Å². The summed E-state index contributed by atoms with van der Waals surface area (Å²) in [4.78, 5) is 21.2. The Bertz CT molecular complexity index is 300. The van der Waals surface area contributed by atoms with Gasteiger partial charge in [0.2, 0.25) is 0 Å². The van der Waals surface area contributed by atoms with Crippen molar-refractivity contribution in [3.8, 4) is 0 Å². The first-order valence-electron chi connectivity index (χ1n) is 4.28. The van der Waals surface area contributed by atoms with E-state index in [1.165, 1.54) is 0 Å². The molecule has 1 rings (SSSR count). The zero-order valence-electron chi connectivity index (χ0n) is 7.91. The summed E-state index contributed by atoms with van der Waals surface area (Å²) in [6, 6.07) is -0.735. The number of hydrazone groups is 1. The molecule has 1 aliphatic rings. The van der Waals surface area contributed by atoms with Gasteiger partial charge in [0.05, 0.1) is 5.41 Å². The molecule has 0 heterocycles. The molecule has 0 spiro atoms. The van der Waals surface area contributed by atoms with E-state index >= 15 is 0 Å². The second kappa shape index (κ2) is 3.65. The van der Waals surface area contributed by atoms with Crippen molar-refractivity contribution in [2.24, 2.45) is 16.3 Å². The van der Waals surface area contributed by atoms with Gasteiger partial charge in [-0.2, -0.15) is 5.10 Å². The maximum Gasteiger partial charge on any atom is 0.332 e. The second-order valence-corrected chi connectivity index (χ2v) is 3.70. The molecule has 0 saturated heterocycles. The van der Waals surface area contributed by atoms with Crippen LogP contribution in [0.15, 0.2) is 5.10 Å². The van der Waals surface area contributed by atoms with Gasteiger partial charge >= 0.3 is 12.0 Å².